The zero-order valence-electron chi connectivity index (χ0n) is 13.9. The van der Waals surface area contributed by atoms with E-state index in [0.29, 0.717) is 26.4 Å². The van der Waals surface area contributed by atoms with Crippen molar-refractivity contribution in [3.8, 4) is 0 Å². The molecule has 1 fully saturated rings. The topological polar surface area (TPSA) is 50.6 Å². The second-order valence-corrected chi connectivity index (χ2v) is 6.50. The van der Waals surface area contributed by atoms with Crippen LogP contribution in [-0.2, 0) is 42.7 Å². The largest absolute Gasteiger partial charge is 0.376 e. The molecule has 0 saturated carbocycles. The van der Waals surface area contributed by atoms with Gasteiger partial charge in [0.2, 0.25) is 5.91 Å². The van der Waals surface area contributed by atoms with Crippen molar-refractivity contribution < 1.29 is 9.53 Å². The molecule has 4 rings (SSSR count). The number of ether oxygens (including phenoxy) is 1. The Balaban J connectivity index is 1.45. The number of carbonyl (C=O) groups is 1. The first-order valence-corrected chi connectivity index (χ1v) is 8.36. The Kier molecular flexibility index (Phi) is 4.08. The third kappa shape index (κ3) is 2.95. The number of amides is 1. The van der Waals surface area contributed by atoms with Gasteiger partial charge >= 0.3 is 0 Å². The highest BCUT2D eigenvalue weighted by atomic mass is 16.5. The fourth-order valence-corrected chi connectivity index (χ4v) is 3.49. The number of benzene rings is 1. The summed E-state index contributed by atoms with van der Waals surface area (Å²) in [6.07, 6.45) is 0.877. The molecule has 126 valence electrons. The predicted molar refractivity (Wildman–Crippen MR) is 88.8 cm³/mol. The Morgan fingerprint density at radius 2 is 2.04 bits per heavy atom. The van der Waals surface area contributed by atoms with E-state index in [1.807, 2.05) is 34.8 Å². The van der Waals surface area contributed by atoms with Crippen molar-refractivity contribution in [1.29, 1.82) is 0 Å². The van der Waals surface area contributed by atoms with Gasteiger partial charge in [0.15, 0.2) is 0 Å². The van der Waals surface area contributed by atoms with Crippen molar-refractivity contribution in [2.45, 2.75) is 26.1 Å². The quantitative estimate of drug-likeness (QED) is 0.850. The summed E-state index contributed by atoms with van der Waals surface area (Å²) in [5.74, 6) is 0.186. The molecule has 0 N–H and O–H groups in total. The van der Waals surface area contributed by atoms with Crippen LogP contribution in [-0.4, -0.2) is 45.3 Å². The van der Waals surface area contributed by atoms with Crippen LogP contribution >= 0.6 is 0 Å². The maximum atomic E-state index is 12.3. The SMILES string of the molecule is Cn1nc2c(c1CN1CC(=O)N(Cc3ccccc3)C1)COCC2. The van der Waals surface area contributed by atoms with Gasteiger partial charge in [0, 0.05) is 32.1 Å². The molecule has 0 spiro atoms. The molecule has 2 aromatic rings. The number of fused-ring (bicyclic) bond motifs is 1. The molecule has 24 heavy (non-hydrogen) atoms. The average molecular weight is 326 g/mol. The van der Waals surface area contributed by atoms with Gasteiger partial charge in [-0.2, -0.15) is 5.10 Å². The van der Waals surface area contributed by atoms with Crippen molar-refractivity contribution in [2.75, 3.05) is 19.8 Å². The highest BCUT2D eigenvalue weighted by Crippen LogP contribution is 2.23. The summed E-state index contributed by atoms with van der Waals surface area (Å²) in [5, 5.41) is 4.61. The molecule has 6 heteroatoms. The summed E-state index contributed by atoms with van der Waals surface area (Å²) in [5.41, 5.74) is 4.68. The minimum Gasteiger partial charge on any atom is -0.376 e. The lowest BCUT2D eigenvalue weighted by Crippen LogP contribution is -2.27. The predicted octanol–water partition coefficient (Wildman–Crippen LogP) is 1.29. The van der Waals surface area contributed by atoms with Gasteiger partial charge in [0.25, 0.3) is 0 Å². The Morgan fingerprint density at radius 3 is 2.88 bits per heavy atom. The smallest absolute Gasteiger partial charge is 0.238 e. The van der Waals surface area contributed by atoms with Crippen molar-refractivity contribution in [3.05, 3.63) is 52.8 Å². The Hall–Kier alpha value is -2.18. The van der Waals surface area contributed by atoms with Crippen molar-refractivity contribution in [2.24, 2.45) is 7.05 Å². The second-order valence-electron chi connectivity index (χ2n) is 6.50. The molecule has 3 heterocycles. The van der Waals surface area contributed by atoms with E-state index in [1.54, 1.807) is 0 Å². The first kappa shape index (κ1) is 15.4. The van der Waals surface area contributed by atoms with E-state index in [0.717, 1.165) is 25.3 Å². The Labute approximate surface area is 141 Å². The lowest BCUT2D eigenvalue weighted by atomic mass is 10.1. The number of carbonyl (C=O) groups excluding carboxylic acids is 1. The van der Waals surface area contributed by atoms with Crippen LogP contribution in [0.4, 0.5) is 0 Å². The summed E-state index contributed by atoms with van der Waals surface area (Å²) in [4.78, 5) is 16.4. The monoisotopic (exact) mass is 326 g/mol. The first-order chi connectivity index (χ1) is 11.7. The van der Waals surface area contributed by atoms with Crippen molar-refractivity contribution in [3.63, 3.8) is 0 Å². The van der Waals surface area contributed by atoms with Crippen LogP contribution in [0.2, 0.25) is 0 Å². The molecule has 1 saturated heterocycles. The minimum atomic E-state index is 0.186. The molecule has 0 aliphatic carbocycles. The molecular weight excluding hydrogens is 304 g/mol. The van der Waals surface area contributed by atoms with Crippen LogP contribution in [0.3, 0.4) is 0 Å². The third-order valence-corrected chi connectivity index (χ3v) is 4.76. The lowest BCUT2D eigenvalue weighted by Gasteiger charge is -2.19. The van der Waals surface area contributed by atoms with Gasteiger partial charge in [-0.3, -0.25) is 14.4 Å². The summed E-state index contributed by atoms with van der Waals surface area (Å²) >= 11 is 0. The molecule has 0 radical (unpaired) electrons. The molecule has 1 aromatic carbocycles. The zero-order valence-corrected chi connectivity index (χ0v) is 13.9. The third-order valence-electron chi connectivity index (χ3n) is 4.76. The van der Waals surface area contributed by atoms with Crippen molar-refractivity contribution in [1.82, 2.24) is 19.6 Å². The Bertz CT molecular complexity index is 741. The van der Waals surface area contributed by atoms with Gasteiger partial charge in [-0.15, -0.1) is 0 Å². The first-order valence-electron chi connectivity index (χ1n) is 8.36. The summed E-state index contributed by atoms with van der Waals surface area (Å²) < 4.78 is 7.53. The highest BCUT2D eigenvalue weighted by molar-refractivity contribution is 5.80. The molecule has 1 amide bonds. The van der Waals surface area contributed by atoms with Gasteiger partial charge in [0.1, 0.15) is 0 Å². The van der Waals surface area contributed by atoms with E-state index in [2.05, 4.69) is 22.1 Å². The van der Waals surface area contributed by atoms with Gasteiger partial charge in [-0.05, 0) is 5.56 Å². The van der Waals surface area contributed by atoms with Gasteiger partial charge in [-0.25, -0.2) is 0 Å². The van der Waals surface area contributed by atoms with Crippen molar-refractivity contribution >= 4 is 5.91 Å². The second kappa shape index (κ2) is 6.37. The van der Waals surface area contributed by atoms with Gasteiger partial charge in [-0.1, -0.05) is 30.3 Å². The number of aryl methyl sites for hydroxylation is 1. The van der Waals surface area contributed by atoms with Crippen LogP contribution < -0.4 is 0 Å². The fraction of sp³-hybridized carbons (Fsp3) is 0.444. The number of nitrogens with zero attached hydrogens (tertiary/aromatic N) is 4. The standard InChI is InChI=1S/C18H22N4O2/c1-20-17(15-12-24-8-7-16(15)19-20)10-21-11-18(23)22(13-21)9-14-5-3-2-4-6-14/h2-6H,7-13H2,1H3. The van der Waals surface area contributed by atoms with E-state index in [1.165, 1.54) is 16.8 Å². The zero-order chi connectivity index (χ0) is 16.5. The van der Waals surface area contributed by atoms with E-state index in [-0.39, 0.29) is 5.91 Å². The van der Waals surface area contributed by atoms with Gasteiger partial charge < -0.3 is 9.64 Å². The van der Waals surface area contributed by atoms with Gasteiger partial charge in [0.05, 0.1) is 37.8 Å². The van der Waals surface area contributed by atoms with Crippen LogP contribution in [0.25, 0.3) is 0 Å². The van der Waals surface area contributed by atoms with E-state index in [4.69, 9.17) is 4.74 Å². The summed E-state index contributed by atoms with van der Waals surface area (Å²) in [7, 11) is 1.98. The van der Waals surface area contributed by atoms with Crippen LogP contribution in [0.5, 0.6) is 0 Å². The van der Waals surface area contributed by atoms with E-state index >= 15 is 0 Å². The molecule has 0 unspecified atom stereocenters. The molecular formula is C18H22N4O2. The molecule has 6 nitrogen and oxygen atoms in total. The van der Waals surface area contributed by atoms with Crippen LogP contribution in [0.1, 0.15) is 22.5 Å². The number of aromatic nitrogens is 2. The maximum Gasteiger partial charge on any atom is 0.238 e. The minimum absolute atomic E-state index is 0.186. The number of hydrogen-bond acceptors (Lipinski definition) is 4. The molecule has 0 bridgehead atoms. The van der Waals surface area contributed by atoms with E-state index in [9.17, 15) is 4.79 Å². The molecule has 1 aromatic heterocycles. The van der Waals surface area contributed by atoms with Crippen LogP contribution in [0.15, 0.2) is 30.3 Å². The summed E-state index contributed by atoms with van der Waals surface area (Å²) in [6, 6.07) is 10.1. The molecule has 2 aliphatic rings. The van der Waals surface area contributed by atoms with E-state index < -0.39 is 0 Å². The molecule has 2 aliphatic heterocycles. The summed E-state index contributed by atoms with van der Waals surface area (Å²) in [6.45, 7) is 3.91. The lowest BCUT2D eigenvalue weighted by molar-refractivity contribution is -0.127. The maximum absolute atomic E-state index is 12.3. The normalized spacial score (nSPS) is 18.2. The number of rotatable bonds is 4. The Morgan fingerprint density at radius 1 is 1.21 bits per heavy atom. The fourth-order valence-electron chi connectivity index (χ4n) is 3.49. The highest BCUT2D eigenvalue weighted by Gasteiger charge is 2.29. The average Bonchev–Trinajstić information content (AvgIpc) is 3.09. The number of hydrogen-bond donors (Lipinski definition) is 0. The molecule has 0 atom stereocenters. The van der Waals surface area contributed by atoms with Crippen LogP contribution in [0, 0.1) is 0 Å².